The van der Waals surface area contributed by atoms with Gasteiger partial charge in [0.15, 0.2) is 0 Å². The van der Waals surface area contributed by atoms with Crippen LogP contribution in [0.25, 0.3) is 0 Å². The molecule has 0 bridgehead atoms. The Kier molecular flexibility index (Phi) is 6.94. The van der Waals surface area contributed by atoms with Gasteiger partial charge in [0.1, 0.15) is 6.04 Å². The molecule has 1 aromatic carbocycles. The first-order chi connectivity index (χ1) is 11.9. The molecule has 3 N–H and O–H groups in total. The first-order valence-electron chi connectivity index (χ1n) is 8.59. The van der Waals surface area contributed by atoms with Crippen LogP contribution in [-0.4, -0.2) is 54.3 Å². The van der Waals surface area contributed by atoms with Crippen LogP contribution in [0, 0.1) is 0 Å². The number of piperidine rings is 1. The molecule has 0 radical (unpaired) electrons. The molecule has 1 aromatic rings. The lowest BCUT2D eigenvalue weighted by atomic mass is 10.0. The number of para-hydroxylation sites is 1. The van der Waals surface area contributed by atoms with Gasteiger partial charge in [0.2, 0.25) is 17.7 Å². The quantitative estimate of drug-likeness (QED) is 0.708. The normalized spacial score (nSPS) is 16.7. The van der Waals surface area contributed by atoms with E-state index < -0.39 is 6.04 Å². The van der Waals surface area contributed by atoms with Crippen molar-refractivity contribution in [2.45, 2.75) is 38.8 Å². The molecule has 1 aliphatic heterocycles. The SMILES string of the molecule is CC(=O)NC(C)C(=O)NC1CCN(CC(=O)Nc2ccccc2)CC1. The van der Waals surface area contributed by atoms with E-state index >= 15 is 0 Å². The van der Waals surface area contributed by atoms with Gasteiger partial charge in [-0.25, -0.2) is 0 Å². The van der Waals surface area contributed by atoms with Crippen LogP contribution in [-0.2, 0) is 14.4 Å². The molecule has 0 aromatic heterocycles. The van der Waals surface area contributed by atoms with Crippen LogP contribution in [0.4, 0.5) is 5.69 Å². The molecule has 3 amide bonds. The van der Waals surface area contributed by atoms with E-state index in [9.17, 15) is 14.4 Å². The maximum Gasteiger partial charge on any atom is 0.242 e. The van der Waals surface area contributed by atoms with Crippen LogP contribution in [0.2, 0.25) is 0 Å². The molecule has 2 rings (SSSR count). The van der Waals surface area contributed by atoms with E-state index in [0.717, 1.165) is 31.6 Å². The van der Waals surface area contributed by atoms with E-state index in [2.05, 4.69) is 20.9 Å². The second-order valence-electron chi connectivity index (χ2n) is 6.40. The number of nitrogens with one attached hydrogen (secondary N) is 3. The van der Waals surface area contributed by atoms with Gasteiger partial charge < -0.3 is 16.0 Å². The van der Waals surface area contributed by atoms with Gasteiger partial charge in [-0.2, -0.15) is 0 Å². The maximum atomic E-state index is 12.1. The minimum atomic E-state index is -0.535. The summed E-state index contributed by atoms with van der Waals surface area (Å²) in [4.78, 5) is 37.1. The van der Waals surface area contributed by atoms with Gasteiger partial charge in [-0.3, -0.25) is 19.3 Å². The van der Waals surface area contributed by atoms with Crippen molar-refractivity contribution in [3.63, 3.8) is 0 Å². The molecule has 0 spiro atoms. The number of amides is 3. The smallest absolute Gasteiger partial charge is 0.242 e. The molecule has 1 atom stereocenters. The Bertz CT molecular complexity index is 598. The fourth-order valence-corrected chi connectivity index (χ4v) is 2.86. The Morgan fingerprint density at radius 1 is 1.16 bits per heavy atom. The van der Waals surface area contributed by atoms with Gasteiger partial charge in [0.05, 0.1) is 6.54 Å². The van der Waals surface area contributed by atoms with Crippen LogP contribution in [0.1, 0.15) is 26.7 Å². The molecule has 7 nitrogen and oxygen atoms in total. The highest BCUT2D eigenvalue weighted by Gasteiger charge is 2.24. The Hall–Kier alpha value is -2.41. The van der Waals surface area contributed by atoms with Crippen LogP contribution in [0.3, 0.4) is 0 Å². The molecular weight excluding hydrogens is 320 g/mol. The zero-order chi connectivity index (χ0) is 18.2. The Morgan fingerprint density at radius 3 is 2.40 bits per heavy atom. The molecule has 1 saturated heterocycles. The lowest BCUT2D eigenvalue weighted by molar-refractivity contribution is -0.128. The summed E-state index contributed by atoms with van der Waals surface area (Å²) in [6.45, 7) is 4.91. The predicted molar refractivity (Wildman–Crippen MR) is 96.0 cm³/mol. The van der Waals surface area contributed by atoms with Crippen molar-refractivity contribution in [3.05, 3.63) is 30.3 Å². The third kappa shape index (κ3) is 6.54. The van der Waals surface area contributed by atoms with Gasteiger partial charge in [-0.15, -0.1) is 0 Å². The van der Waals surface area contributed by atoms with Crippen molar-refractivity contribution in [3.8, 4) is 0 Å². The number of rotatable bonds is 6. The number of benzene rings is 1. The number of hydrogen-bond acceptors (Lipinski definition) is 4. The summed E-state index contributed by atoms with van der Waals surface area (Å²) in [5.74, 6) is -0.426. The average Bonchev–Trinajstić information content (AvgIpc) is 2.57. The summed E-state index contributed by atoms with van der Waals surface area (Å²) in [5, 5.41) is 8.41. The van der Waals surface area contributed by atoms with Gasteiger partial charge >= 0.3 is 0 Å². The van der Waals surface area contributed by atoms with E-state index in [1.165, 1.54) is 6.92 Å². The Labute approximate surface area is 148 Å². The van der Waals surface area contributed by atoms with Crippen molar-refractivity contribution in [1.29, 1.82) is 0 Å². The summed E-state index contributed by atoms with van der Waals surface area (Å²) in [7, 11) is 0. The van der Waals surface area contributed by atoms with Crippen LogP contribution >= 0.6 is 0 Å². The third-order valence-corrected chi connectivity index (χ3v) is 4.17. The van der Waals surface area contributed by atoms with Gasteiger partial charge in [-0.05, 0) is 31.9 Å². The molecular formula is C18H26N4O3. The third-order valence-electron chi connectivity index (χ3n) is 4.17. The van der Waals surface area contributed by atoms with E-state index in [0.29, 0.717) is 6.54 Å². The standard InChI is InChI=1S/C18H26N4O3/c1-13(19-14(2)23)18(25)21-16-8-10-22(11-9-16)12-17(24)20-15-6-4-3-5-7-15/h3-7,13,16H,8-12H2,1-2H3,(H,19,23)(H,20,24)(H,21,25). The minimum absolute atomic E-state index is 0.0343. The second kappa shape index (κ2) is 9.17. The van der Waals surface area contributed by atoms with Gasteiger partial charge in [-0.1, -0.05) is 18.2 Å². The predicted octanol–water partition coefficient (Wildman–Crippen LogP) is 0.730. The molecule has 25 heavy (non-hydrogen) atoms. The van der Waals surface area contributed by atoms with E-state index in [4.69, 9.17) is 0 Å². The number of nitrogens with zero attached hydrogens (tertiary/aromatic N) is 1. The van der Waals surface area contributed by atoms with Crippen molar-refractivity contribution >= 4 is 23.4 Å². The highest BCUT2D eigenvalue weighted by Crippen LogP contribution is 2.11. The largest absolute Gasteiger partial charge is 0.351 e. The monoisotopic (exact) mass is 346 g/mol. The highest BCUT2D eigenvalue weighted by atomic mass is 16.2. The zero-order valence-corrected chi connectivity index (χ0v) is 14.7. The zero-order valence-electron chi connectivity index (χ0n) is 14.7. The molecule has 136 valence electrons. The fourth-order valence-electron chi connectivity index (χ4n) is 2.86. The van der Waals surface area contributed by atoms with Gasteiger partial charge in [0, 0.05) is 31.7 Å². The average molecular weight is 346 g/mol. The Balaban J connectivity index is 1.69. The molecule has 1 aliphatic rings. The maximum absolute atomic E-state index is 12.1. The lowest BCUT2D eigenvalue weighted by Gasteiger charge is -2.32. The fraction of sp³-hybridized carbons (Fsp3) is 0.500. The van der Waals surface area contributed by atoms with Crippen molar-refractivity contribution < 1.29 is 14.4 Å². The van der Waals surface area contributed by atoms with Crippen LogP contribution < -0.4 is 16.0 Å². The summed E-state index contributed by atoms with van der Waals surface area (Å²) in [6, 6.07) is 8.93. The Morgan fingerprint density at radius 2 is 1.80 bits per heavy atom. The summed E-state index contributed by atoms with van der Waals surface area (Å²) < 4.78 is 0. The van der Waals surface area contributed by atoms with E-state index in [-0.39, 0.29) is 23.8 Å². The molecule has 0 aliphatic carbocycles. The summed E-state index contributed by atoms with van der Waals surface area (Å²) >= 11 is 0. The number of carbonyl (C=O) groups excluding carboxylic acids is 3. The lowest BCUT2D eigenvalue weighted by Crippen LogP contribution is -2.51. The first kappa shape index (κ1) is 18.9. The summed E-state index contributed by atoms with van der Waals surface area (Å²) in [5.41, 5.74) is 0.793. The molecule has 1 unspecified atom stereocenters. The number of likely N-dealkylation sites (tertiary alicyclic amines) is 1. The van der Waals surface area contributed by atoms with E-state index in [1.54, 1.807) is 6.92 Å². The minimum Gasteiger partial charge on any atom is -0.351 e. The number of hydrogen-bond donors (Lipinski definition) is 3. The van der Waals surface area contributed by atoms with Crippen molar-refractivity contribution in [2.24, 2.45) is 0 Å². The number of carbonyl (C=O) groups is 3. The molecule has 1 heterocycles. The molecule has 1 fully saturated rings. The molecule has 7 heteroatoms. The van der Waals surface area contributed by atoms with Crippen LogP contribution in [0.5, 0.6) is 0 Å². The molecule has 0 saturated carbocycles. The van der Waals surface area contributed by atoms with E-state index in [1.807, 2.05) is 30.3 Å². The van der Waals surface area contributed by atoms with Crippen LogP contribution in [0.15, 0.2) is 30.3 Å². The first-order valence-corrected chi connectivity index (χ1v) is 8.59. The topological polar surface area (TPSA) is 90.5 Å². The van der Waals surface area contributed by atoms with Crippen molar-refractivity contribution in [2.75, 3.05) is 25.0 Å². The number of anilines is 1. The van der Waals surface area contributed by atoms with Gasteiger partial charge in [0.25, 0.3) is 0 Å². The summed E-state index contributed by atoms with van der Waals surface area (Å²) in [6.07, 6.45) is 1.58. The van der Waals surface area contributed by atoms with Crippen molar-refractivity contribution in [1.82, 2.24) is 15.5 Å². The second-order valence-corrected chi connectivity index (χ2v) is 6.40. The highest BCUT2D eigenvalue weighted by molar-refractivity contribution is 5.92.